The fourth-order valence-electron chi connectivity index (χ4n) is 1.90. The molecular weight excluding hydrogens is 328 g/mol. The number of hydrogen-bond donors (Lipinski definition) is 0. The van der Waals surface area contributed by atoms with Gasteiger partial charge in [-0.25, -0.2) is 4.98 Å². The first-order chi connectivity index (χ1) is 9.41. The van der Waals surface area contributed by atoms with Gasteiger partial charge in [0.05, 0.1) is 29.1 Å². The quantitative estimate of drug-likeness (QED) is 0.630. The van der Waals surface area contributed by atoms with Crippen LogP contribution in [0, 0.1) is 24.0 Å². The number of hydrogen-bond acceptors (Lipinski definition) is 5. The van der Waals surface area contributed by atoms with Crippen LogP contribution < -0.4 is 5.56 Å². The summed E-state index contributed by atoms with van der Waals surface area (Å²) in [6.45, 7) is 3.40. The van der Waals surface area contributed by atoms with Crippen molar-refractivity contribution < 1.29 is 4.92 Å². The van der Waals surface area contributed by atoms with Gasteiger partial charge in [-0.3, -0.25) is 24.5 Å². The molecule has 0 aliphatic rings. The van der Waals surface area contributed by atoms with Crippen LogP contribution in [0.3, 0.4) is 0 Å². The van der Waals surface area contributed by atoms with Gasteiger partial charge in [0.2, 0.25) is 0 Å². The average Bonchev–Trinajstić information content (AvgIpc) is 2.37. The number of pyridine rings is 1. The molecule has 0 atom stereocenters. The van der Waals surface area contributed by atoms with E-state index < -0.39 is 4.92 Å². The number of halogens is 1. The highest BCUT2D eigenvalue weighted by molar-refractivity contribution is 9.10. The van der Waals surface area contributed by atoms with Crippen LogP contribution in [0.4, 0.5) is 5.69 Å². The molecule has 2 rings (SSSR count). The molecule has 20 heavy (non-hydrogen) atoms. The Morgan fingerprint density at radius 2 is 2.10 bits per heavy atom. The minimum absolute atomic E-state index is 0.0333. The Morgan fingerprint density at radius 1 is 1.40 bits per heavy atom. The molecule has 104 valence electrons. The van der Waals surface area contributed by atoms with E-state index in [2.05, 4.69) is 25.9 Å². The minimum atomic E-state index is -0.433. The van der Waals surface area contributed by atoms with Gasteiger partial charge in [-0.15, -0.1) is 0 Å². The Balaban J connectivity index is 2.50. The number of nitrogens with zero attached hydrogens (tertiary/aromatic N) is 4. The van der Waals surface area contributed by atoms with E-state index in [-0.39, 0.29) is 17.8 Å². The van der Waals surface area contributed by atoms with E-state index in [1.807, 2.05) is 0 Å². The molecule has 0 saturated heterocycles. The average molecular weight is 339 g/mol. The van der Waals surface area contributed by atoms with Crippen LogP contribution in [0.15, 0.2) is 28.0 Å². The van der Waals surface area contributed by atoms with Crippen LogP contribution in [0.5, 0.6) is 0 Å². The maximum Gasteiger partial charge on any atom is 0.278 e. The molecule has 0 unspecified atom stereocenters. The van der Waals surface area contributed by atoms with Crippen molar-refractivity contribution in [2.75, 3.05) is 0 Å². The minimum Gasteiger partial charge on any atom is -0.292 e. The maximum atomic E-state index is 11.9. The third kappa shape index (κ3) is 2.60. The second-order valence-corrected chi connectivity index (χ2v) is 5.15. The highest BCUT2D eigenvalue weighted by Crippen LogP contribution is 2.24. The van der Waals surface area contributed by atoms with Crippen molar-refractivity contribution in [2.45, 2.75) is 20.4 Å². The largest absolute Gasteiger partial charge is 0.292 e. The lowest BCUT2D eigenvalue weighted by atomic mass is 10.1. The van der Waals surface area contributed by atoms with E-state index >= 15 is 0 Å². The Bertz CT molecular complexity index is 742. The third-order valence-corrected chi connectivity index (χ3v) is 3.48. The molecule has 0 bridgehead atoms. The molecule has 0 aliphatic carbocycles. The maximum absolute atomic E-state index is 11.9. The van der Waals surface area contributed by atoms with Crippen molar-refractivity contribution in [1.29, 1.82) is 0 Å². The summed E-state index contributed by atoms with van der Waals surface area (Å²) in [5.41, 5.74) is 1.21. The monoisotopic (exact) mass is 338 g/mol. The highest BCUT2D eigenvalue weighted by atomic mass is 79.9. The summed E-state index contributed by atoms with van der Waals surface area (Å²) in [6, 6.07) is 0. The van der Waals surface area contributed by atoms with Crippen LogP contribution in [0.2, 0.25) is 0 Å². The normalized spacial score (nSPS) is 10.6. The molecule has 0 fully saturated rings. The zero-order valence-corrected chi connectivity index (χ0v) is 12.4. The van der Waals surface area contributed by atoms with Crippen molar-refractivity contribution in [1.82, 2.24) is 14.5 Å². The Hall–Kier alpha value is -2.09. The van der Waals surface area contributed by atoms with Crippen LogP contribution in [-0.4, -0.2) is 19.5 Å². The van der Waals surface area contributed by atoms with E-state index in [9.17, 15) is 14.9 Å². The van der Waals surface area contributed by atoms with Crippen molar-refractivity contribution in [3.8, 4) is 0 Å². The molecule has 0 amide bonds. The topological polar surface area (TPSA) is 90.9 Å². The molecule has 2 heterocycles. The molecule has 0 spiro atoms. The number of rotatable bonds is 3. The summed E-state index contributed by atoms with van der Waals surface area (Å²) in [5.74, 6) is 0. The van der Waals surface area contributed by atoms with Gasteiger partial charge in [-0.2, -0.15) is 0 Å². The van der Waals surface area contributed by atoms with Gasteiger partial charge in [-0.1, -0.05) is 0 Å². The first-order valence-corrected chi connectivity index (χ1v) is 6.50. The standard InChI is InChI=1S/C12H11BrN4O3/c1-7-3-15-10(8(2)11(7)17(19)20)5-16-6-14-4-9(13)12(16)18/h3-4,6H,5H2,1-2H3. The number of aryl methyl sites for hydroxylation is 1. The zero-order valence-electron chi connectivity index (χ0n) is 10.8. The first kappa shape index (κ1) is 14.3. The summed E-state index contributed by atoms with van der Waals surface area (Å²) in [6.07, 6.45) is 4.22. The van der Waals surface area contributed by atoms with E-state index in [1.54, 1.807) is 13.8 Å². The van der Waals surface area contributed by atoms with E-state index in [4.69, 9.17) is 0 Å². The summed E-state index contributed by atoms with van der Waals surface area (Å²) >= 11 is 3.10. The molecule has 7 nitrogen and oxygen atoms in total. The molecule has 0 aliphatic heterocycles. The summed E-state index contributed by atoms with van der Waals surface area (Å²) in [7, 11) is 0. The van der Waals surface area contributed by atoms with Crippen molar-refractivity contribution in [3.05, 3.63) is 60.5 Å². The lowest BCUT2D eigenvalue weighted by Gasteiger charge is -2.09. The summed E-state index contributed by atoms with van der Waals surface area (Å²) < 4.78 is 1.68. The van der Waals surface area contributed by atoms with E-state index in [0.717, 1.165) is 0 Å². The van der Waals surface area contributed by atoms with Crippen molar-refractivity contribution in [2.24, 2.45) is 0 Å². The molecule has 0 N–H and O–H groups in total. The van der Waals surface area contributed by atoms with E-state index in [1.165, 1.54) is 23.3 Å². The smallest absolute Gasteiger partial charge is 0.278 e. The number of aromatic nitrogens is 3. The molecular formula is C12H11BrN4O3. The lowest BCUT2D eigenvalue weighted by molar-refractivity contribution is -0.386. The predicted molar refractivity (Wildman–Crippen MR) is 75.7 cm³/mol. The zero-order chi connectivity index (χ0) is 14.9. The van der Waals surface area contributed by atoms with Crippen molar-refractivity contribution in [3.63, 3.8) is 0 Å². The Kier molecular flexibility index (Phi) is 3.93. The van der Waals surface area contributed by atoms with Gasteiger partial charge in [0.25, 0.3) is 11.2 Å². The second-order valence-electron chi connectivity index (χ2n) is 4.29. The van der Waals surface area contributed by atoms with Crippen LogP contribution in [-0.2, 0) is 6.54 Å². The predicted octanol–water partition coefficient (Wildman–Crippen LogP) is 1.97. The van der Waals surface area contributed by atoms with Gasteiger partial charge in [0.1, 0.15) is 4.47 Å². The molecule has 2 aromatic heterocycles. The fraction of sp³-hybridized carbons (Fsp3) is 0.250. The second kappa shape index (κ2) is 5.49. The molecule has 8 heteroatoms. The SMILES string of the molecule is Cc1cnc(Cn2cncc(Br)c2=O)c(C)c1[N+](=O)[O-]. The molecule has 0 radical (unpaired) electrons. The molecule has 2 aromatic rings. The van der Waals surface area contributed by atoms with Gasteiger partial charge in [-0.05, 0) is 29.8 Å². The van der Waals surface area contributed by atoms with Gasteiger partial charge < -0.3 is 0 Å². The van der Waals surface area contributed by atoms with Crippen LogP contribution in [0.25, 0.3) is 0 Å². The highest BCUT2D eigenvalue weighted by Gasteiger charge is 2.19. The third-order valence-electron chi connectivity index (χ3n) is 2.94. The molecule has 0 aromatic carbocycles. The fourth-order valence-corrected chi connectivity index (χ4v) is 2.25. The van der Waals surface area contributed by atoms with E-state index in [0.29, 0.717) is 21.3 Å². The van der Waals surface area contributed by atoms with Crippen molar-refractivity contribution >= 4 is 21.6 Å². The van der Waals surface area contributed by atoms with Gasteiger partial charge >= 0.3 is 0 Å². The van der Waals surface area contributed by atoms with Crippen LogP contribution in [0.1, 0.15) is 16.8 Å². The van der Waals surface area contributed by atoms with Crippen LogP contribution >= 0.6 is 15.9 Å². The summed E-state index contributed by atoms with van der Waals surface area (Å²) in [5, 5.41) is 11.1. The molecule has 0 saturated carbocycles. The Labute approximate surface area is 122 Å². The lowest BCUT2D eigenvalue weighted by Crippen LogP contribution is -2.22. The number of nitro groups is 1. The van der Waals surface area contributed by atoms with Gasteiger partial charge in [0, 0.05) is 18.0 Å². The van der Waals surface area contributed by atoms with Gasteiger partial charge in [0.15, 0.2) is 0 Å². The Morgan fingerprint density at radius 3 is 2.75 bits per heavy atom. The summed E-state index contributed by atoms with van der Waals surface area (Å²) in [4.78, 5) is 30.6. The first-order valence-electron chi connectivity index (χ1n) is 5.71.